The van der Waals surface area contributed by atoms with Gasteiger partial charge in [-0.15, -0.1) is 0 Å². The Morgan fingerprint density at radius 1 is 1.31 bits per heavy atom. The SMILES string of the molecule is COc1ccc(Cl)cc1C(O)=C1C(=O)C(=O)N(CCCN(C)C)[C@@H]1c1ccco1. The lowest BCUT2D eigenvalue weighted by Crippen LogP contribution is -2.32. The van der Waals surface area contributed by atoms with Crippen LogP contribution in [0.3, 0.4) is 0 Å². The van der Waals surface area contributed by atoms with Crippen LogP contribution in [-0.4, -0.2) is 60.9 Å². The topological polar surface area (TPSA) is 83.2 Å². The summed E-state index contributed by atoms with van der Waals surface area (Å²) in [5, 5.41) is 11.4. The largest absolute Gasteiger partial charge is 0.507 e. The van der Waals surface area contributed by atoms with Gasteiger partial charge in [-0.05, 0) is 57.4 Å². The second-order valence-electron chi connectivity index (χ2n) is 7.01. The Balaban J connectivity index is 2.10. The van der Waals surface area contributed by atoms with E-state index >= 15 is 0 Å². The minimum atomic E-state index is -0.823. The molecule has 1 aromatic carbocycles. The van der Waals surface area contributed by atoms with E-state index in [2.05, 4.69) is 0 Å². The third-order valence-corrected chi connectivity index (χ3v) is 5.01. The van der Waals surface area contributed by atoms with Crippen molar-refractivity contribution in [2.75, 3.05) is 34.3 Å². The minimum absolute atomic E-state index is 0.0460. The number of hydrogen-bond donors (Lipinski definition) is 1. The van der Waals surface area contributed by atoms with Crippen LogP contribution < -0.4 is 4.74 Å². The number of hydrogen-bond acceptors (Lipinski definition) is 6. The van der Waals surface area contributed by atoms with Crippen molar-refractivity contribution in [2.45, 2.75) is 12.5 Å². The van der Waals surface area contributed by atoms with Gasteiger partial charge in [0.25, 0.3) is 11.7 Å². The standard InChI is InChI=1S/C21H23ClN2O5/c1-23(2)9-5-10-24-18(16-6-4-11-29-16)17(20(26)21(24)27)19(25)14-12-13(22)7-8-15(14)28-3/h4,6-8,11-12,18,25H,5,9-10H2,1-3H3/t18-/m1/s1. The molecule has 2 heterocycles. The van der Waals surface area contributed by atoms with Crippen LogP contribution in [0.4, 0.5) is 0 Å². The van der Waals surface area contributed by atoms with E-state index in [9.17, 15) is 14.7 Å². The van der Waals surface area contributed by atoms with Crippen LogP contribution in [0.15, 0.2) is 46.6 Å². The summed E-state index contributed by atoms with van der Waals surface area (Å²) in [7, 11) is 5.32. The molecule has 1 fully saturated rings. The van der Waals surface area contributed by atoms with Crippen LogP contribution >= 0.6 is 11.6 Å². The van der Waals surface area contributed by atoms with E-state index in [1.165, 1.54) is 24.3 Å². The van der Waals surface area contributed by atoms with E-state index in [1.807, 2.05) is 19.0 Å². The summed E-state index contributed by atoms with van der Waals surface area (Å²) in [6.45, 7) is 1.09. The van der Waals surface area contributed by atoms with E-state index in [1.54, 1.807) is 24.3 Å². The third-order valence-electron chi connectivity index (χ3n) is 4.77. The van der Waals surface area contributed by atoms with Crippen molar-refractivity contribution >= 4 is 29.1 Å². The van der Waals surface area contributed by atoms with Crippen molar-refractivity contribution < 1.29 is 23.8 Å². The number of methoxy groups -OCH3 is 1. The van der Waals surface area contributed by atoms with Gasteiger partial charge in [0.2, 0.25) is 0 Å². The number of carbonyl (C=O) groups is 2. The monoisotopic (exact) mass is 418 g/mol. The molecule has 0 aliphatic carbocycles. The fraction of sp³-hybridized carbons (Fsp3) is 0.333. The second-order valence-corrected chi connectivity index (χ2v) is 7.45. The highest BCUT2D eigenvalue weighted by Gasteiger charge is 2.47. The van der Waals surface area contributed by atoms with E-state index in [4.69, 9.17) is 20.8 Å². The maximum atomic E-state index is 12.9. The molecule has 1 saturated heterocycles. The van der Waals surface area contributed by atoms with Gasteiger partial charge >= 0.3 is 0 Å². The first-order chi connectivity index (χ1) is 13.8. The van der Waals surface area contributed by atoms with E-state index in [0.29, 0.717) is 29.5 Å². The molecule has 0 saturated carbocycles. The lowest BCUT2D eigenvalue weighted by Gasteiger charge is -2.24. The smallest absolute Gasteiger partial charge is 0.295 e. The van der Waals surface area contributed by atoms with Gasteiger partial charge in [-0.25, -0.2) is 0 Å². The average Bonchev–Trinajstić information content (AvgIpc) is 3.29. The fourth-order valence-electron chi connectivity index (χ4n) is 3.42. The number of rotatable bonds is 7. The van der Waals surface area contributed by atoms with Gasteiger partial charge in [0.05, 0.1) is 24.5 Å². The van der Waals surface area contributed by atoms with Gasteiger partial charge in [0.15, 0.2) is 0 Å². The van der Waals surface area contributed by atoms with Crippen LogP contribution in [-0.2, 0) is 9.59 Å². The Morgan fingerprint density at radius 3 is 2.69 bits per heavy atom. The number of benzene rings is 1. The molecule has 1 atom stereocenters. The number of furan rings is 1. The lowest BCUT2D eigenvalue weighted by atomic mass is 9.98. The van der Waals surface area contributed by atoms with Gasteiger partial charge in [-0.2, -0.15) is 0 Å². The molecular formula is C21H23ClN2O5. The summed E-state index contributed by atoms with van der Waals surface area (Å²) in [5.41, 5.74) is 0.193. The predicted molar refractivity (Wildman–Crippen MR) is 109 cm³/mol. The van der Waals surface area contributed by atoms with Crippen LogP contribution in [0.5, 0.6) is 5.75 Å². The van der Waals surface area contributed by atoms with Crippen LogP contribution in [0, 0.1) is 0 Å². The average molecular weight is 419 g/mol. The molecule has 1 aliphatic heterocycles. The Hall–Kier alpha value is -2.77. The van der Waals surface area contributed by atoms with E-state index in [0.717, 1.165) is 6.54 Å². The predicted octanol–water partition coefficient (Wildman–Crippen LogP) is 3.32. The summed E-state index contributed by atoms with van der Waals surface area (Å²) in [4.78, 5) is 29.1. The van der Waals surface area contributed by atoms with Gasteiger partial charge in [0.1, 0.15) is 23.3 Å². The van der Waals surface area contributed by atoms with Crippen molar-refractivity contribution in [3.05, 3.63) is 58.5 Å². The molecule has 3 rings (SSSR count). The van der Waals surface area contributed by atoms with E-state index < -0.39 is 17.7 Å². The highest BCUT2D eigenvalue weighted by molar-refractivity contribution is 6.46. The third kappa shape index (κ3) is 4.16. The number of Topliss-reactive ketones (excluding diaryl/α,β-unsaturated/α-hetero) is 1. The summed E-state index contributed by atoms with van der Waals surface area (Å²) >= 11 is 6.08. The number of halogens is 1. The zero-order valence-corrected chi connectivity index (χ0v) is 17.3. The summed E-state index contributed by atoms with van der Waals surface area (Å²) < 4.78 is 10.8. The van der Waals surface area contributed by atoms with Crippen molar-refractivity contribution in [1.82, 2.24) is 9.80 Å². The van der Waals surface area contributed by atoms with E-state index in [-0.39, 0.29) is 16.9 Å². The Morgan fingerprint density at radius 2 is 2.07 bits per heavy atom. The molecule has 2 aromatic rings. The molecule has 1 aliphatic rings. The van der Waals surface area contributed by atoms with Crippen molar-refractivity contribution in [3.8, 4) is 5.75 Å². The summed E-state index contributed by atoms with van der Waals surface area (Å²) in [5.74, 6) is -1.05. The van der Waals surface area contributed by atoms with Gasteiger partial charge < -0.3 is 24.1 Å². The summed E-state index contributed by atoms with van der Waals surface area (Å²) in [6.07, 6.45) is 2.13. The van der Waals surface area contributed by atoms with Crippen LogP contribution in [0.2, 0.25) is 5.02 Å². The quantitative estimate of drug-likeness (QED) is 0.422. The first kappa shape index (κ1) is 21.0. The second kappa shape index (κ2) is 8.71. The summed E-state index contributed by atoms with van der Waals surface area (Å²) in [6, 6.07) is 7.23. The molecule has 8 heteroatoms. The number of ketones is 1. The highest BCUT2D eigenvalue weighted by Crippen LogP contribution is 2.41. The molecular weight excluding hydrogens is 396 g/mol. The van der Waals surface area contributed by atoms with Gasteiger partial charge in [-0.3, -0.25) is 9.59 Å². The number of aliphatic hydroxyl groups excluding tert-OH is 1. The number of ether oxygens (including phenoxy) is 1. The zero-order chi connectivity index (χ0) is 21.1. The maximum Gasteiger partial charge on any atom is 0.295 e. The first-order valence-corrected chi connectivity index (χ1v) is 9.53. The number of amides is 1. The molecule has 1 N–H and O–H groups in total. The molecule has 1 aromatic heterocycles. The lowest BCUT2D eigenvalue weighted by molar-refractivity contribution is -0.140. The van der Waals surface area contributed by atoms with Gasteiger partial charge in [0, 0.05) is 11.6 Å². The van der Waals surface area contributed by atoms with Crippen molar-refractivity contribution in [1.29, 1.82) is 0 Å². The number of carbonyl (C=O) groups excluding carboxylic acids is 2. The molecule has 7 nitrogen and oxygen atoms in total. The number of nitrogens with zero attached hydrogens (tertiary/aromatic N) is 2. The molecule has 0 spiro atoms. The van der Waals surface area contributed by atoms with Crippen molar-refractivity contribution in [3.63, 3.8) is 0 Å². The Labute approximate surface area is 174 Å². The highest BCUT2D eigenvalue weighted by atomic mass is 35.5. The van der Waals surface area contributed by atoms with Crippen molar-refractivity contribution in [2.24, 2.45) is 0 Å². The first-order valence-electron chi connectivity index (χ1n) is 9.15. The fourth-order valence-corrected chi connectivity index (χ4v) is 3.59. The van der Waals surface area contributed by atoms with Gasteiger partial charge in [-0.1, -0.05) is 11.6 Å². The minimum Gasteiger partial charge on any atom is -0.507 e. The van der Waals surface area contributed by atoms with Crippen LogP contribution in [0.1, 0.15) is 23.8 Å². The van der Waals surface area contributed by atoms with Crippen LogP contribution in [0.25, 0.3) is 5.76 Å². The number of aliphatic hydroxyl groups is 1. The normalized spacial score (nSPS) is 18.7. The molecule has 154 valence electrons. The molecule has 0 unspecified atom stereocenters. The molecule has 0 radical (unpaired) electrons. The molecule has 1 amide bonds. The number of likely N-dealkylation sites (tertiary alicyclic amines) is 1. The Kier molecular flexibility index (Phi) is 6.30. The maximum absolute atomic E-state index is 12.9. The molecule has 29 heavy (non-hydrogen) atoms. The molecule has 0 bridgehead atoms. The zero-order valence-electron chi connectivity index (χ0n) is 16.5. The Bertz CT molecular complexity index is 937.